The smallest absolute Gasteiger partial charge is 0.307 e. The predicted octanol–water partition coefficient (Wildman–Crippen LogP) is 2.06. The van der Waals surface area contributed by atoms with E-state index in [4.69, 9.17) is 5.73 Å². The first kappa shape index (κ1) is 13.5. The van der Waals surface area contributed by atoms with Crippen LogP contribution in [0, 0.1) is 17.5 Å². The fraction of sp³-hybridized carbons (Fsp3) is 0.364. The quantitative estimate of drug-likeness (QED) is 0.654. The molecule has 17 heavy (non-hydrogen) atoms. The van der Waals surface area contributed by atoms with Gasteiger partial charge in [-0.15, -0.1) is 0 Å². The fourth-order valence-corrected chi connectivity index (χ4v) is 1.31. The molecule has 1 aromatic carbocycles. The third-order valence-corrected chi connectivity index (χ3v) is 2.13. The van der Waals surface area contributed by atoms with E-state index in [-0.39, 0.29) is 18.6 Å². The van der Waals surface area contributed by atoms with Crippen molar-refractivity contribution in [2.75, 3.05) is 6.61 Å². The molecule has 0 saturated carbocycles. The first-order valence-corrected chi connectivity index (χ1v) is 5.01. The lowest BCUT2D eigenvalue weighted by atomic mass is 10.0. The lowest BCUT2D eigenvalue weighted by molar-refractivity contribution is -0.143. The van der Waals surface area contributed by atoms with Crippen LogP contribution in [-0.4, -0.2) is 12.6 Å². The van der Waals surface area contributed by atoms with Crippen molar-refractivity contribution in [2.45, 2.75) is 19.4 Å². The number of carbonyl (C=O) groups excluding carboxylic acids is 1. The average Bonchev–Trinajstić information content (AvgIpc) is 2.25. The van der Waals surface area contributed by atoms with Crippen LogP contribution in [0.25, 0.3) is 0 Å². The van der Waals surface area contributed by atoms with Gasteiger partial charge in [0.05, 0.1) is 13.0 Å². The Bertz CT molecular complexity index is 400. The second kappa shape index (κ2) is 5.67. The largest absolute Gasteiger partial charge is 0.466 e. The zero-order chi connectivity index (χ0) is 13.0. The number of halogens is 3. The molecule has 1 rings (SSSR count). The molecule has 0 spiro atoms. The van der Waals surface area contributed by atoms with Gasteiger partial charge in [0.2, 0.25) is 0 Å². The van der Waals surface area contributed by atoms with E-state index in [2.05, 4.69) is 4.74 Å². The Morgan fingerprint density at radius 2 is 1.88 bits per heavy atom. The Labute approximate surface area is 96.4 Å². The summed E-state index contributed by atoms with van der Waals surface area (Å²) in [4.78, 5) is 11.1. The minimum atomic E-state index is -1.56. The highest BCUT2D eigenvalue weighted by atomic mass is 19.2. The van der Waals surface area contributed by atoms with Crippen molar-refractivity contribution in [1.82, 2.24) is 0 Å². The zero-order valence-corrected chi connectivity index (χ0v) is 9.17. The maximum Gasteiger partial charge on any atom is 0.307 e. The number of hydrogen-bond acceptors (Lipinski definition) is 3. The molecule has 0 fully saturated rings. The van der Waals surface area contributed by atoms with Crippen molar-refractivity contribution in [1.29, 1.82) is 0 Å². The normalized spacial score (nSPS) is 12.3. The number of benzene rings is 1. The molecule has 0 bridgehead atoms. The molecule has 0 aliphatic rings. The maximum absolute atomic E-state index is 12.9. The van der Waals surface area contributed by atoms with E-state index in [0.717, 1.165) is 12.1 Å². The molecule has 3 nitrogen and oxygen atoms in total. The Morgan fingerprint density at radius 1 is 1.35 bits per heavy atom. The summed E-state index contributed by atoms with van der Waals surface area (Å²) in [6.45, 7) is 1.82. The summed E-state index contributed by atoms with van der Waals surface area (Å²) < 4.78 is 43.1. The molecule has 0 saturated heterocycles. The van der Waals surface area contributed by atoms with Gasteiger partial charge in [-0.2, -0.15) is 0 Å². The van der Waals surface area contributed by atoms with Crippen molar-refractivity contribution in [3.8, 4) is 0 Å². The second-order valence-electron chi connectivity index (χ2n) is 3.41. The third kappa shape index (κ3) is 3.45. The predicted molar refractivity (Wildman–Crippen MR) is 54.5 cm³/mol. The number of carbonyl (C=O) groups is 1. The minimum Gasteiger partial charge on any atom is -0.466 e. The van der Waals surface area contributed by atoms with Crippen molar-refractivity contribution in [2.24, 2.45) is 5.73 Å². The molecular formula is C11H12F3NO2. The molecule has 0 amide bonds. The number of hydrogen-bond donors (Lipinski definition) is 1. The molecule has 94 valence electrons. The highest BCUT2D eigenvalue weighted by Gasteiger charge is 2.17. The van der Waals surface area contributed by atoms with E-state index in [0.29, 0.717) is 0 Å². The van der Waals surface area contributed by atoms with Crippen LogP contribution in [0.5, 0.6) is 0 Å². The molecule has 0 aromatic heterocycles. The topological polar surface area (TPSA) is 52.3 Å². The number of nitrogens with two attached hydrogens (primary N) is 1. The molecule has 0 aliphatic heterocycles. The number of ether oxygens (including phenoxy) is 1. The van der Waals surface area contributed by atoms with Gasteiger partial charge in [0.15, 0.2) is 17.5 Å². The van der Waals surface area contributed by atoms with Crippen LogP contribution in [-0.2, 0) is 9.53 Å². The van der Waals surface area contributed by atoms with Crippen LogP contribution >= 0.6 is 0 Å². The van der Waals surface area contributed by atoms with Crippen LogP contribution in [0.15, 0.2) is 12.1 Å². The van der Waals surface area contributed by atoms with Crippen molar-refractivity contribution in [3.63, 3.8) is 0 Å². The summed E-state index contributed by atoms with van der Waals surface area (Å²) in [6, 6.07) is 0.601. The number of rotatable bonds is 4. The maximum atomic E-state index is 12.9. The summed E-state index contributed by atoms with van der Waals surface area (Å²) in [5.74, 6) is -4.80. The SMILES string of the molecule is CCOC(=O)C[C@@H](N)c1cc(F)c(F)c(F)c1. The monoisotopic (exact) mass is 247 g/mol. The van der Waals surface area contributed by atoms with Crippen molar-refractivity contribution >= 4 is 5.97 Å². The molecule has 1 atom stereocenters. The second-order valence-corrected chi connectivity index (χ2v) is 3.41. The van der Waals surface area contributed by atoms with Gasteiger partial charge in [-0.1, -0.05) is 0 Å². The number of esters is 1. The fourth-order valence-electron chi connectivity index (χ4n) is 1.31. The molecule has 1 aromatic rings. The summed E-state index contributed by atoms with van der Waals surface area (Å²) in [6.07, 6.45) is -0.224. The zero-order valence-electron chi connectivity index (χ0n) is 9.17. The first-order chi connectivity index (χ1) is 7.95. The molecule has 0 aliphatic carbocycles. The molecule has 2 N–H and O–H groups in total. The van der Waals surface area contributed by atoms with Gasteiger partial charge in [0, 0.05) is 6.04 Å². The van der Waals surface area contributed by atoms with Crippen LogP contribution in [0.1, 0.15) is 24.9 Å². The molecular weight excluding hydrogens is 235 g/mol. The standard InChI is InChI=1S/C11H12F3NO2/c1-2-17-10(16)5-9(15)6-3-7(12)11(14)8(13)4-6/h3-4,9H,2,5,15H2,1H3/t9-/m1/s1. The Hall–Kier alpha value is -1.56. The van der Waals surface area contributed by atoms with Gasteiger partial charge in [-0.3, -0.25) is 4.79 Å². The van der Waals surface area contributed by atoms with E-state index in [1.165, 1.54) is 0 Å². The lowest BCUT2D eigenvalue weighted by Gasteiger charge is -2.11. The van der Waals surface area contributed by atoms with E-state index >= 15 is 0 Å². The van der Waals surface area contributed by atoms with Crippen molar-refractivity contribution in [3.05, 3.63) is 35.1 Å². The average molecular weight is 247 g/mol. The molecule has 0 radical (unpaired) electrons. The van der Waals surface area contributed by atoms with Gasteiger partial charge < -0.3 is 10.5 Å². The van der Waals surface area contributed by atoms with Crippen LogP contribution in [0.3, 0.4) is 0 Å². The first-order valence-electron chi connectivity index (χ1n) is 5.01. The van der Waals surface area contributed by atoms with E-state index < -0.39 is 29.5 Å². The van der Waals surface area contributed by atoms with Crippen LogP contribution < -0.4 is 5.73 Å². The van der Waals surface area contributed by atoms with Gasteiger partial charge in [-0.25, -0.2) is 13.2 Å². The Balaban J connectivity index is 2.82. The van der Waals surface area contributed by atoms with Gasteiger partial charge in [-0.05, 0) is 24.6 Å². The van der Waals surface area contributed by atoms with Crippen LogP contribution in [0.2, 0.25) is 0 Å². The van der Waals surface area contributed by atoms with Crippen molar-refractivity contribution < 1.29 is 22.7 Å². The summed E-state index contributed by atoms with van der Waals surface area (Å²) in [7, 11) is 0. The van der Waals surface area contributed by atoms with Gasteiger partial charge >= 0.3 is 5.97 Å². The lowest BCUT2D eigenvalue weighted by Crippen LogP contribution is -2.18. The van der Waals surface area contributed by atoms with E-state index in [1.54, 1.807) is 6.92 Å². The Morgan fingerprint density at radius 3 is 2.35 bits per heavy atom. The highest BCUT2D eigenvalue weighted by Crippen LogP contribution is 2.20. The molecule has 0 unspecified atom stereocenters. The minimum absolute atomic E-state index is 0.00875. The summed E-state index contributed by atoms with van der Waals surface area (Å²) >= 11 is 0. The third-order valence-electron chi connectivity index (χ3n) is 2.13. The van der Waals surface area contributed by atoms with Gasteiger partial charge in [0.25, 0.3) is 0 Å². The summed E-state index contributed by atoms with van der Waals surface area (Å²) in [5.41, 5.74) is 5.57. The molecule has 6 heteroatoms. The highest BCUT2D eigenvalue weighted by molar-refractivity contribution is 5.70. The Kier molecular flexibility index (Phi) is 4.51. The summed E-state index contributed by atoms with van der Waals surface area (Å²) in [5, 5.41) is 0. The van der Waals surface area contributed by atoms with Crippen LogP contribution in [0.4, 0.5) is 13.2 Å². The van der Waals surface area contributed by atoms with Gasteiger partial charge in [0.1, 0.15) is 0 Å². The van der Waals surface area contributed by atoms with E-state index in [9.17, 15) is 18.0 Å². The van der Waals surface area contributed by atoms with E-state index in [1.807, 2.05) is 0 Å². The molecule has 0 heterocycles.